The summed E-state index contributed by atoms with van der Waals surface area (Å²) >= 11 is 1.34. The van der Waals surface area contributed by atoms with Gasteiger partial charge in [-0.25, -0.2) is 0 Å². The van der Waals surface area contributed by atoms with Crippen molar-refractivity contribution in [2.75, 3.05) is 44.8 Å². The first-order valence-corrected chi connectivity index (χ1v) is 14.4. The highest BCUT2D eigenvalue weighted by atomic mass is 32.2. The quantitative estimate of drug-likeness (QED) is 0.514. The minimum atomic E-state index is -0.446. The molecule has 0 atom stereocenters. The number of fused-ring (bicyclic) bond motifs is 3. The lowest BCUT2D eigenvalue weighted by atomic mass is 10.1. The van der Waals surface area contributed by atoms with Crippen LogP contribution >= 0.6 is 11.8 Å². The number of hydrogen-bond acceptors (Lipinski definition) is 8. The van der Waals surface area contributed by atoms with Crippen molar-refractivity contribution in [1.29, 1.82) is 0 Å². The summed E-state index contributed by atoms with van der Waals surface area (Å²) in [7, 11) is 0. The minimum absolute atomic E-state index is 0.0107. The van der Waals surface area contributed by atoms with Crippen molar-refractivity contribution in [1.82, 2.24) is 25.0 Å². The van der Waals surface area contributed by atoms with Crippen molar-refractivity contribution < 1.29 is 24.2 Å². The third-order valence-electron chi connectivity index (χ3n) is 6.84. The van der Waals surface area contributed by atoms with Gasteiger partial charge in [0.05, 0.1) is 18.3 Å². The molecule has 2 aromatic rings. The SMILES string of the molecule is C=C1S/C=C(\C)C(=O)Nc2cn(C3CCOCC3)nc2C(=O)NCCN(C(=O)CCO)CCCc2cc1ccn2. The first-order valence-electron chi connectivity index (χ1n) is 13.5. The highest BCUT2D eigenvalue weighted by Crippen LogP contribution is 2.29. The third kappa shape index (κ3) is 7.80. The van der Waals surface area contributed by atoms with Gasteiger partial charge >= 0.3 is 0 Å². The van der Waals surface area contributed by atoms with Crippen LogP contribution in [-0.2, 0) is 20.7 Å². The van der Waals surface area contributed by atoms with Crippen LogP contribution in [0.4, 0.5) is 5.69 Å². The van der Waals surface area contributed by atoms with Gasteiger partial charge in [-0.15, -0.1) is 0 Å². The van der Waals surface area contributed by atoms with Crippen molar-refractivity contribution in [3.05, 3.63) is 59.0 Å². The number of carbonyl (C=O) groups excluding carboxylic acids is 3. The summed E-state index contributed by atoms with van der Waals surface area (Å²) in [6.07, 6.45) is 6.25. The predicted molar refractivity (Wildman–Crippen MR) is 154 cm³/mol. The maximum absolute atomic E-state index is 13.2. The summed E-state index contributed by atoms with van der Waals surface area (Å²) in [6, 6.07) is 3.89. The third-order valence-corrected chi connectivity index (χ3v) is 7.83. The average Bonchev–Trinajstić information content (AvgIpc) is 3.39. The van der Waals surface area contributed by atoms with Crippen LogP contribution in [0.15, 0.2) is 42.1 Å². The van der Waals surface area contributed by atoms with E-state index in [9.17, 15) is 19.5 Å². The van der Waals surface area contributed by atoms with Crippen LogP contribution in [0.3, 0.4) is 0 Å². The van der Waals surface area contributed by atoms with Gasteiger partial charge in [-0.1, -0.05) is 18.3 Å². The second kappa shape index (κ2) is 14.2. The molecule has 2 aromatic heterocycles. The number of nitrogens with zero attached hydrogens (tertiary/aromatic N) is 4. The normalized spacial score (nSPS) is 19.8. The summed E-state index contributed by atoms with van der Waals surface area (Å²) in [4.78, 5) is 45.8. The minimum Gasteiger partial charge on any atom is -0.396 e. The van der Waals surface area contributed by atoms with Gasteiger partial charge in [0.15, 0.2) is 5.69 Å². The number of amides is 3. The molecule has 2 aliphatic rings. The number of aliphatic hydroxyl groups is 1. The molecule has 1 saturated heterocycles. The molecular weight excluding hydrogens is 532 g/mol. The molecule has 3 N–H and O–H groups in total. The summed E-state index contributed by atoms with van der Waals surface area (Å²) < 4.78 is 7.19. The molecule has 11 nitrogen and oxygen atoms in total. The summed E-state index contributed by atoms with van der Waals surface area (Å²) in [5.74, 6) is -0.986. The molecule has 2 bridgehead atoms. The van der Waals surface area contributed by atoms with Gasteiger partial charge < -0.3 is 25.4 Å². The lowest BCUT2D eigenvalue weighted by Crippen LogP contribution is -2.39. The molecule has 1 fully saturated rings. The average molecular weight is 569 g/mol. The number of aliphatic hydroxyl groups excluding tert-OH is 1. The Labute approximate surface area is 238 Å². The molecule has 0 aliphatic carbocycles. The van der Waals surface area contributed by atoms with E-state index in [-0.39, 0.29) is 49.7 Å². The summed E-state index contributed by atoms with van der Waals surface area (Å²) in [5.41, 5.74) is 2.65. The number of anilines is 1. The molecule has 0 spiro atoms. The van der Waals surface area contributed by atoms with Crippen LogP contribution in [0.2, 0.25) is 0 Å². The molecule has 3 amide bonds. The van der Waals surface area contributed by atoms with Crippen LogP contribution in [0.1, 0.15) is 60.4 Å². The number of aryl methyl sites for hydroxylation is 1. The second-order valence-electron chi connectivity index (χ2n) is 9.76. The Morgan fingerprint density at radius 2 is 2.05 bits per heavy atom. The van der Waals surface area contributed by atoms with E-state index in [1.54, 1.807) is 34.3 Å². The lowest BCUT2D eigenvalue weighted by Gasteiger charge is -2.23. The molecule has 0 unspecified atom stereocenters. The number of hydrogen-bond donors (Lipinski definition) is 3. The number of pyridine rings is 1. The molecule has 12 heteroatoms. The summed E-state index contributed by atoms with van der Waals surface area (Å²) in [5, 5.41) is 21.3. The van der Waals surface area contributed by atoms with Gasteiger partial charge in [-0.2, -0.15) is 5.10 Å². The van der Waals surface area contributed by atoms with Gasteiger partial charge in [-0.3, -0.25) is 24.0 Å². The van der Waals surface area contributed by atoms with E-state index in [4.69, 9.17) is 4.74 Å². The topological polar surface area (TPSA) is 139 Å². The van der Waals surface area contributed by atoms with Crippen molar-refractivity contribution in [3.63, 3.8) is 0 Å². The van der Waals surface area contributed by atoms with Crippen LogP contribution in [0.25, 0.3) is 4.91 Å². The molecule has 0 radical (unpaired) electrons. The summed E-state index contributed by atoms with van der Waals surface area (Å²) in [6.45, 7) is 7.74. The zero-order valence-electron chi connectivity index (χ0n) is 22.7. The molecule has 0 aromatic carbocycles. The van der Waals surface area contributed by atoms with E-state index >= 15 is 0 Å². The number of carbonyl (C=O) groups is 3. The predicted octanol–water partition coefficient (Wildman–Crippen LogP) is 2.76. The van der Waals surface area contributed by atoms with Crippen LogP contribution < -0.4 is 10.6 Å². The van der Waals surface area contributed by atoms with Crippen molar-refractivity contribution in [2.24, 2.45) is 0 Å². The molecule has 4 rings (SSSR count). The molecular formula is C28H36N6O5S. The molecule has 4 heterocycles. The van der Waals surface area contributed by atoms with Crippen LogP contribution in [0, 0.1) is 0 Å². The van der Waals surface area contributed by atoms with Crippen LogP contribution in [-0.4, -0.2) is 81.9 Å². The first-order chi connectivity index (χ1) is 19.4. The number of thioether (sulfide) groups is 1. The number of ether oxygens (including phenoxy) is 1. The fourth-order valence-corrected chi connectivity index (χ4v) is 5.22. The lowest BCUT2D eigenvalue weighted by molar-refractivity contribution is -0.131. The van der Waals surface area contributed by atoms with E-state index in [1.807, 2.05) is 12.1 Å². The van der Waals surface area contributed by atoms with Gasteiger partial charge in [0.25, 0.3) is 11.8 Å². The smallest absolute Gasteiger partial charge is 0.274 e. The standard InChI is InChI=1S/C28H36N6O5S/c1-19-18-40-20(2)21-5-9-29-22(16-21)4-3-11-33(25(36)6-13-35)12-10-30-28(38)26-24(31-27(19)37)17-34(32-26)23-7-14-39-15-8-23/h5,9,16-18,23,35H,2-4,6-8,10-15H2,1H3,(H,30,38)(H,31,37)/b19-18+. The maximum Gasteiger partial charge on any atom is 0.274 e. The van der Waals surface area contributed by atoms with Crippen molar-refractivity contribution in [3.8, 4) is 0 Å². The monoisotopic (exact) mass is 568 g/mol. The molecule has 2 aliphatic heterocycles. The van der Waals surface area contributed by atoms with E-state index in [0.717, 1.165) is 29.0 Å². The molecule has 0 saturated carbocycles. The van der Waals surface area contributed by atoms with Gasteiger partial charge in [0, 0.05) is 67.8 Å². The van der Waals surface area contributed by atoms with E-state index in [1.165, 1.54) is 11.8 Å². The number of rotatable bonds is 3. The highest BCUT2D eigenvalue weighted by Gasteiger charge is 2.24. The van der Waals surface area contributed by atoms with Crippen molar-refractivity contribution >= 4 is 40.1 Å². The maximum atomic E-state index is 13.2. The molecule has 40 heavy (non-hydrogen) atoms. The first kappa shape index (κ1) is 29.5. The Hall–Kier alpha value is -3.48. The largest absolute Gasteiger partial charge is 0.396 e. The van der Waals surface area contributed by atoms with E-state index in [2.05, 4.69) is 27.3 Å². The number of aromatic nitrogens is 3. The van der Waals surface area contributed by atoms with Crippen LogP contribution in [0.5, 0.6) is 0 Å². The Morgan fingerprint density at radius 1 is 1.25 bits per heavy atom. The fourth-order valence-electron chi connectivity index (χ4n) is 4.53. The second-order valence-corrected chi connectivity index (χ2v) is 10.7. The Bertz CT molecular complexity index is 1270. The zero-order chi connectivity index (χ0) is 28.5. The highest BCUT2D eigenvalue weighted by molar-refractivity contribution is 8.10. The Morgan fingerprint density at radius 3 is 2.83 bits per heavy atom. The molecule has 214 valence electrons. The van der Waals surface area contributed by atoms with Gasteiger partial charge in [0.2, 0.25) is 5.91 Å². The number of nitrogens with one attached hydrogen (secondary N) is 2. The van der Waals surface area contributed by atoms with Gasteiger partial charge in [-0.05, 0) is 55.7 Å². The fraction of sp³-hybridized carbons (Fsp3) is 0.464. The Kier molecular flexibility index (Phi) is 10.5. The van der Waals surface area contributed by atoms with Crippen molar-refractivity contribution in [2.45, 2.75) is 45.1 Å². The Balaban J connectivity index is 1.61. The van der Waals surface area contributed by atoms with Gasteiger partial charge in [0.1, 0.15) is 0 Å². The van der Waals surface area contributed by atoms with E-state index in [0.29, 0.717) is 43.9 Å². The zero-order valence-corrected chi connectivity index (χ0v) is 23.5. The van der Waals surface area contributed by atoms with E-state index < -0.39 is 5.91 Å².